The van der Waals surface area contributed by atoms with Gasteiger partial charge in [0.15, 0.2) is 0 Å². The van der Waals surface area contributed by atoms with Crippen molar-refractivity contribution < 1.29 is 4.39 Å². The Morgan fingerprint density at radius 2 is 1.86 bits per heavy atom. The molecular weight excluding hydrogens is 201 g/mol. The maximum absolute atomic E-state index is 13.2. The maximum Gasteiger partial charge on any atom is 0.126 e. The van der Waals surface area contributed by atoms with Gasteiger partial charge in [-0.05, 0) is 30.0 Å². The number of halogens is 2. The average Bonchev–Trinajstić information content (AvgIpc) is 2.09. The highest BCUT2D eigenvalue weighted by atomic mass is 35.5. The largest absolute Gasteiger partial charge is 0.330 e. The van der Waals surface area contributed by atoms with Crippen molar-refractivity contribution >= 4 is 12.4 Å². The third kappa shape index (κ3) is 3.64. The fraction of sp³-hybridized carbons (Fsp3) is 0.455. The van der Waals surface area contributed by atoms with Gasteiger partial charge in [-0.1, -0.05) is 32.0 Å². The molecule has 0 amide bonds. The molecule has 0 aliphatic rings. The first-order valence-electron chi connectivity index (χ1n) is 4.49. The lowest BCUT2D eigenvalue weighted by atomic mass is 9.86. The first-order chi connectivity index (χ1) is 6.05. The molecule has 2 N–H and O–H groups in total. The lowest BCUT2D eigenvalue weighted by molar-refractivity contribution is 0.370. The minimum Gasteiger partial charge on any atom is -0.330 e. The summed E-state index contributed by atoms with van der Waals surface area (Å²) in [5.41, 5.74) is 6.30. The molecule has 0 bridgehead atoms. The Bertz CT molecular complexity index is 286. The molecule has 0 spiro atoms. The monoisotopic (exact) mass is 217 g/mol. The van der Waals surface area contributed by atoms with Gasteiger partial charge in [0.1, 0.15) is 5.82 Å². The zero-order valence-electron chi connectivity index (χ0n) is 8.59. The van der Waals surface area contributed by atoms with Gasteiger partial charge in [0, 0.05) is 0 Å². The van der Waals surface area contributed by atoms with Crippen molar-refractivity contribution in [3.63, 3.8) is 0 Å². The van der Waals surface area contributed by atoms with E-state index in [0.717, 1.165) is 5.56 Å². The predicted octanol–water partition coefficient (Wildman–Crippen LogP) is 2.77. The van der Waals surface area contributed by atoms with Crippen LogP contribution in [0.1, 0.15) is 19.4 Å². The van der Waals surface area contributed by atoms with Crippen LogP contribution in [0.2, 0.25) is 0 Å². The molecule has 0 radical (unpaired) electrons. The Kier molecular flexibility index (Phi) is 5.09. The summed E-state index contributed by atoms with van der Waals surface area (Å²) in [6.07, 6.45) is 0.691. The van der Waals surface area contributed by atoms with Gasteiger partial charge in [0.05, 0.1) is 0 Å². The van der Waals surface area contributed by atoms with Gasteiger partial charge in [-0.2, -0.15) is 0 Å². The first kappa shape index (κ1) is 13.4. The molecule has 0 aromatic heterocycles. The highest BCUT2D eigenvalue weighted by Gasteiger charge is 2.17. The number of nitrogens with two attached hydrogens (primary N) is 1. The van der Waals surface area contributed by atoms with Gasteiger partial charge < -0.3 is 5.73 Å². The lowest BCUT2D eigenvalue weighted by Gasteiger charge is -2.22. The van der Waals surface area contributed by atoms with E-state index in [1.807, 2.05) is 26.0 Å². The fourth-order valence-corrected chi connectivity index (χ4v) is 1.23. The molecule has 0 fully saturated rings. The summed E-state index contributed by atoms with van der Waals surface area (Å²) in [6.45, 7) is 4.65. The predicted molar refractivity (Wildman–Crippen MR) is 60.2 cm³/mol. The molecule has 1 nitrogen and oxygen atoms in total. The first-order valence-corrected chi connectivity index (χ1v) is 4.49. The second-order valence-electron chi connectivity index (χ2n) is 4.14. The normalized spacial score (nSPS) is 10.9. The highest BCUT2D eigenvalue weighted by Crippen LogP contribution is 2.21. The Balaban J connectivity index is 0.00000169. The Labute approximate surface area is 90.9 Å². The van der Waals surface area contributed by atoms with Gasteiger partial charge in [-0.15, -0.1) is 12.4 Å². The van der Waals surface area contributed by atoms with Crippen molar-refractivity contribution in [2.75, 3.05) is 6.54 Å². The Morgan fingerprint density at radius 3 is 2.36 bits per heavy atom. The number of rotatable bonds is 3. The standard InChI is InChI=1S/C11H16FN.ClH/c1-11(2,8-13)7-9-5-3-4-6-10(9)12;/h3-6H,7-8,13H2,1-2H3;1H. The van der Waals surface area contributed by atoms with Crippen LogP contribution in [-0.2, 0) is 6.42 Å². The quantitative estimate of drug-likeness (QED) is 0.828. The van der Waals surface area contributed by atoms with Crippen LogP contribution < -0.4 is 5.73 Å². The number of hydrogen-bond donors (Lipinski definition) is 1. The SMILES string of the molecule is CC(C)(CN)Cc1ccccc1F.Cl. The summed E-state index contributed by atoms with van der Waals surface area (Å²) < 4.78 is 13.2. The maximum atomic E-state index is 13.2. The van der Waals surface area contributed by atoms with Gasteiger partial charge in [-0.3, -0.25) is 0 Å². The summed E-state index contributed by atoms with van der Waals surface area (Å²) in [5, 5.41) is 0. The highest BCUT2D eigenvalue weighted by molar-refractivity contribution is 5.85. The summed E-state index contributed by atoms with van der Waals surface area (Å²) in [6, 6.07) is 6.86. The second-order valence-corrected chi connectivity index (χ2v) is 4.14. The van der Waals surface area contributed by atoms with Crippen molar-refractivity contribution in [3.8, 4) is 0 Å². The second kappa shape index (κ2) is 5.32. The summed E-state index contributed by atoms with van der Waals surface area (Å²) in [4.78, 5) is 0. The van der Waals surface area contributed by atoms with Crippen LogP contribution in [-0.4, -0.2) is 6.54 Å². The van der Waals surface area contributed by atoms with E-state index >= 15 is 0 Å². The minimum absolute atomic E-state index is 0. The van der Waals surface area contributed by atoms with Gasteiger partial charge in [-0.25, -0.2) is 4.39 Å². The smallest absolute Gasteiger partial charge is 0.126 e. The van der Waals surface area contributed by atoms with E-state index in [9.17, 15) is 4.39 Å². The fourth-order valence-electron chi connectivity index (χ4n) is 1.23. The molecule has 0 unspecified atom stereocenters. The summed E-state index contributed by atoms with van der Waals surface area (Å²) in [7, 11) is 0. The van der Waals surface area contributed by atoms with Crippen molar-refractivity contribution in [1.82, 2.24) is 0 Å². The van der Waals surface area contributed by atoms with Crippen LogP contribution in [0.25, 0.3) is 0 Å². The van der Waals surface area contributed by atoms with Crippen LogP contribution in [0, 0.1) is 11.2 Å². The van der Waals surface area contributed by atoms with Gasteiger partial charge in [0.2, 0.25) is 0 Å². The van der Waals surface area contributed by atoms with Crippen molar-refractivity contribution in [2.24, 2.45) is 11.1 Å². The average molecular weight is 218 g/mol. The third-order valence-electron chi connectivity index (χ3n) is 2.18. The molecule has 0 saturated carbocycles. The number of benzene rings is 1. The lowest BCUT2D eigenvalue weighted by Crippen LogP contribution is -2.26. The van der Waals surface area contributed by atoms with Crippen molar-refractivity contribution in [2.45, 2.75) is 20.3 Å². The number of hydrogen-bond acceptors (Lipinski definition) is 1. The van der Waals surface area contributed by atoms with Gasteiger partial charge in [0.25, 0.3) is 0 Å². The molecule has 0 atom stereocenters. The molecule has 3 heteroatoms. The van der Waals surface area contributed by atoms with E-state index in [2.05, 4.69) is 0 Å². The van der Waals surface area contributed by atoms with E-state index < -0.39 is 0 Å². The van der Waals surface area contributed by atoms with E-state index in [0.29, 0.717) is 13.0 Å². The molecule has 14 heavy (non-hydrogen) atoms. The van der Waals surface area contributed by atoms with Crippen LogP contribution >= 0.6 is 12.4 Å². The summed E-state index contributed by atoms with van der Waals surface area (Å²) in [5.74, 6) is -0.135. The van der Waals surface area contributed by atoms with E-state index in [1.165, 1.54) is 6.07 Å². The van der Waals surface area contributed by atoms with E-state index in [4.69, 9.17) is 5.73 Å². The molecule has 1 aromatic rings. The molecule has 0 aliphatic carbocycles. The van der Waals surface area contributed by atoms with Crippen molar-refractivity contribution in [1.29, 1.82) is 0 Å². The molecule has 80 valence electrons. The Morgan fingerprint density at radius 1 is 1.29 bits per heavy atom. The molecule has 0 heterocycles. The molecule has 0 saturated heterocycles. The van der Waals surface area contributed by atoms with Crippen LogP contribution in [0.5, 0.6) is 0 Å². The topological polar surface area (TPSA) is 26.0 Å². The zero-order chi connectivity index (χ0) is 9.90. The third-order valence-corrected chi connectivity index (χ3v) is 2.18. The van der Waals surface area contributed by atoms with Crippen LogP contribution in [0.4, 0.5) is 4.39 Å². The minimum atomic E-state index is -0.135. The van der Waals surface area contributed by atoms with Gasteiger partial charge >= 0.3 is 0 Å². The van der Waals surface area contributed by atoms with Crippen LogP contribution in [0.3, 0.4) is 0 Å². The molecular formula is C11H17ClFN. The van der Waals surface area contributed by atoms with Crippen LogP contribution in [0.15, 0.2) is 24.3 Å². The molecule has 1 rings (SSSR count). The van der Waals surface area contributed by atoms with E-state index in [-0.39, 0.29) is 23.6 Å². The van der Waals surface area contributed by atoms with E-state index in [1.54, 1.807) is 6.07 Å². The summed E-state index contributed by atoms with van der Waals surface area (Å²) >= 11 is 0. The van der Waals surface area contributed by atoms with Crippen molar-refractivity contribution in [3.05, 3.63) is 35.6 Å². The zero-order valence-corrected chi connectivity index (χ0v) is 9.40. The Hall–Kier alpha value is -0.600. The molecule has 0 aliphatic heterocycles. The molecule has 1 aromatic carbocycles.